The van der Waals surface area contributed by atoms with Gasteiger partial charge in [-0.3, -0.25) is 9.59 Å². The van der Waals surface area contributed by atoms with Gasteiger partial charge >= 0.3 is 0 Å². The normalized spacial score (nSPS) is 24.5. The van der Waals surface area contributed by atoms with Crippen molar-refractivity contribution in [3.8, 4) is 11.5 Å². The first-order chi connectivity index (χ1) is 13.5. The van der Waals surface area contributed by atoms with E-state index in [-0.39, 0.29) is 30.2 Å². The van der Waals surface area contributed by atoms with Gasteiger partial charge in [-0.1, -0.05) is 6.07 Å². The third kappa shape index (κ3) is 4.81. The summed E-state index contributed by atoms with van der Waals surface area (Å²) in [6.45, 7) is 1.75. The number of carbonyl (C=O) groups is 2. The van der Waals surface area contributed by atoms with Gasteiger partial charge in [0.15, 0.2) is 21.3 Å². The van der Waals surface area contributed by atoms with Gasteiger partial charge in [0.1, 0.15) is 0 Å². The van der Waals surface area contributed by atoms with Crippen LogP contribution in [0.5, 0.6) is 11.5 Å². The number of hydrogen-bond acceptors (Lipinski definition) is 7. The Balaban J connectivity index is 0.000000687. The zero-order valence-electron chi connectivity index (χ0n) is 17.3. The van der Waals surface area contributed by atoms with Crippen molar-refractivity contribution in [2.24, 2.45) is 5.92 Å². The topological polar surface area (TPSA) is 113 Å². The lowest BCUT2D eigenvalue weighted by Crippen LogP contribution is -2.38. The molecule has 9 nitrogen and oxygen atoms in total. The molecule has 0 aromatic heterocycles. The number of fused-ring (bicyclic) bond motifs is 1. The van der Waals surface area contributed by atoms with E-state index in [0.717, 1.165) is 6.92 Å². The average Bonchev–Trinajstić information content (AvgIpc) is 3.19. The van der Waals surface area contributed by atoms with Crippen LogP contribution in [0.4, 0.5) is 0 Å². The maximum Gasteiger partial charge on any atom is 0.300 e. The molecule has 0 unspecified atom stereocenters. The first kappa shape index (κ1) is 23.0. The van der Waals surface area contributed by atoms with Crippen molar-refractivity contribution in [3.05, 3.63) is 23.8 Å². The summed E-state index contributed by atoms with van der Waals surface area (Å²) in [6.07, 6.45) is 0. The van der Waals surface area contributed by atoms with Crippen molar-refractivity contribution in [2.75, 3.05) is 47.2 Å². The number of methoxy groups -OCH3 is 2. The number of rotatable bonds is 4. The maximum absolute atomic E-state index is 13.0. The molecule has 29 heavy (non-hydrogen) atoms. The summed E-state index contributed by atoms with van der Waals surface area (Å²) in [5.74, 6) is -0.0937. The second kappa shape index (κ2) is 9.00. The molecule has 10 heteroatoms. The summed E-state index contributed by atoms with van der Waals surface area (Å²) in [5, 5.41) is 6.93. The Hall–Kier alpha value is -2.33. The molecule has 2 heterocycles. The lowest BCUT2D eigenvalue weighted by Gasteiger charge is -2.25. The Bertz CT molecular complexity index is 865. The van der Waals surface area contributed by atoms with E-state index in [1.807, 2.05) is 19.0 Å². The van der Waals surface area contributed by atoms with Crippen molar-refractivity contribution in [3.63, 3.8) is 0 Å². The number of nitrogens with zero attached hydrogens (tertiary/aromatic N) is 2. The number of likely N-dealkylation sites (tertiary alicyclic amines) is 1. The minimum atomic E-state index is -3.19. The smallest absolute Gasteiger partial charge is 0.300 e. The number of hydrogen-bond donors (Lipinski definition) is 1. The summed E-state index contributed by atoms with van der Waals surface area (Å²) >= 11 is 0. The third-order valence-corrected chi connectivity index (χ3v) is 7.48. The molecule has 2 saturated heterocycles. The van der Waals surface area contributed by atoms with Gasteiger partial charge in [-0.15, -0.1) is 0 Å². The number of aliphatic carboxylic acids is 1. The van der Waals surface area contributed by atoms with E-state index in [4.69, 9.17) is 19.4 Å². The van der Waals surface area contributed by atoms with Crippen LogP contribution in [-0.2, 0) is 14.6 Å². The molecule has 0 bridgehead atoms. The van der Waals surface area contributed by atoms with Crippen LogP contribution in [0.1, 0.15) is 17.3 Å². The van der Waals surface area contributed by atoms with Crippen molar-refractivity contribution in [2.45, 2.75) is 18.2 Å². The van der Waals surface area contributed by atoms with Crippen LogP contribution in [0.15, 0.2) is 18.2 Å². The summed E-state index contributed by atoms with van der Waals surface area (Å²) in [7, 11) is 3.59. The van der Waals surface area contributed by atoms with Crippen LogP contribution in [0.25, 0.3) is 0 Å². The average molecular weight is 429 g/mol. The molecule has 2 aliphatic heterocycles. The molecular weight excluding hydrogens is 400 g/mol. The van der Waals surface area contributed by atoms with Crippen LogP contribution in [-0.4, -0.2) is 93.6 Å². The number of carbonyl (C=O) groups excluding carboxylic acids is 1. The summed E-state index contributed by atoms with van der Waals surface area (Å²) in [4.78, 5) is 25.6. The largest absolute Gasteiger partial charge is 0.493 e. The lowest BCUT2D eigenvalue weighted by atomic mass is 10.00. The molecule has 0 aliphatic carbocycles. The molecule has 2 aliphatic rings. The number of carboxylic acid groups (broad SMARTS) is 1. The fraction of sp³-hybridized carbons (Fsp3) is 0.579. The molecule has 2 fully saturated rings. The molecule has 3 atom stereocenters. The van der Waals surface area contributed by atoms with Crippen LogP contribution >= 0.6 is 0 Å². The van der Waals surface area contributed by atoms with Crippen LogP contribution in [0.3, 0.4) is 0 Å². The third-order valence-electron chi connectivity index (χ3n) is 5.25. The zero-order valence-corrected chi connectivity index (χ0v) is 18.1. The number of amides is 1. The molecule has 1 N–H and O–H groups in total. The maximum atomic E-state index is 13.0. The van der Waals surface area contributed by atoms with Crippen molar-refractivity contribution < 1.29 is 32.6 Å². The first-order valence-electron chi connectivity index (χ1n) is 9.11. The number of para-hydroxylation sites is 1. The molecule has 0 spiro atoms. The van der Waals surface area contributed by atoms with Gasteiger partial charge in [-0.2, -0.15) is 0 Å². The predicted molar refractivity (Wildman–Crippen MR) is 107 cm³/mol. The van der Waals surface area contributed by atoms with E-state index in [1.165, 1.54) is 14.2 Å². The van der Waals surface area contributed by atoms with Gasteiger partial charge in [0.2, 0.25) is 0 Å². The molecular formula is C19H28N2O7S. The molecule has 0 radical (unpaired) electrons. The zero-order chi connectivity index (χ0) is 21.9. The quantitative estimate of drug-likeness (QED) is 0.742. The monoisotopic (exact) mass is 428 g/mol. The van der Waals surface area contributed by atoms with E-state index in [0.29, 0.717) is 23.6 Å². The highest BCUT2D eigenvalue weighted by molar-refractivity contribution is 7.92. The van der Waals surface area contributed by atoms with Crippen molar-refractivity contribution in [1.82, 2.24) is 9.80 Å². The van der Waals surface area contributed by atoms with Crippen LogP contribution in [0.2, 0.25) is 0 Å². The van der Waals surface area contributed by atoms with E-state index in [1.54, 1.807) is 23.1 Å². The minimum absolute atomic E-state index is 0.0550. The molecule has 0 saturated carbocycles. The predicted octanol–water partition coefficient (Wildman–Crippen LogP) is 0.594. The highest BCUT2D eigenvalue weighted by Gasteiger charge is 2.53. The molecule has 1 amide bonds. The highest BCUT2D eigenvalue weighted by Crippen LogP contribution is 2.38. The first-order valence-corrected chi connectivity index (χ1v) is 10.8. The van der Waals surface area contributed by atoms with Gasteiger partial charge < -0.3 is 24.4 Å². The fourth-order valence-corrected chi connectivity index (χ4v) is 6.43. The second-order valence-electron chi connectivity index (χ2n) is 7.33. The second-order valence-corrected chi connectivity index (χ2v) is 9.60. The van der Waals surface area contributed by atoms with Crippen molar-refractivity contribution in [1.29, 1.82) is 0 Å². The van der Waals surface area contributed by atoms with Gasteiger partial charge in [0.25, 0.3) is 11.9 Å². The van der Waals surface area contributed by atoms with Crippen molar-refractivity contribution >= 4 is 21.7 Å². The van der Waals surface area contributed by atoms with Gasteiger partial charge in [-0.25, -0.2) is 8.42 Å². The Morgan fingerprint density at radius 1 is 1.17 bits per heavy atom. The molecule has 1 aromatic rings. The Morgan fingerprint density at radius 2 is 1.79 bits per heavy atom. The van der Waals surface area contributed by atoms with E-state index >= 15 is 0 Å². The van der Waals surface area contributed by atoms with Gasteiger partial charge in [-0.05, 0) is 26.2 Å². The van der Waals surface area contributed by atoms with E-state index < -0.39 is 21.1 Å². The number of sulfone groups is 1. The number of ether oxygens (including phenoxy) is 2. The SMILES string of the molecule is CC(=O)O.COc1cccc(C(=O)N2C[C@H]3[C@H](N(C)C)CS(=O)(=O)[C@H]3C2)c1OC. The van der Waals surface area contributed by atoms with Crippen LogP contribution < -0.4 is 9.47 Å². The number of carboxylic acids is 1. The highest BCUT2D eigenvalue weighted by atomic mass is 32.2. The molecule has 1 aromatic carbocycles. The molecule has 162 valence electrons. The van der Waals surface area contributed by atoms with E-state index in [2.05, 4.69) is 0 Å². The van der Waals surface area contributed by atoms with E-state index in [9.17, 15) is 13.2 Å². The summed E-state index contributed by atoms with van der Waals surface area (Å²) < 4.78 is 35.5. The standard InChI is InChI=1S/C17H24N2O5S.C2H4O2/c1-18(2)13-10-25(21,22)15-9-19(8-12(13)15)17(20)11-6-5-7-14(23-3)16(11)24-4;1-2(3)4/h5-7,12-13,15H,8-10H2,1-4H3;1H3,(H,3,4)/t12-,13+,15-;/m0./s1. The summed E-state index contributed by atoms with van der Waals surface area (Å²) in [5.41, 5.74) is 0.389. The summed E-state index contributed by atoms with van der Waals surface area (Å²) in [6, 6.07) is 5.07. The Morgan fingerprint density at radius 3 is 2.31 bits per heavy atom. The fourth-order valence-electron chi connectivity index (χ4n) is 3.96. The minimum Gasteiger partial charge on any atom is -0.493 e. The molecule has 3 rings (SSSR count). The lowest BCUT2D eigenvalue weighted by molar-refractivity contribution is -0.134. The Labute approximate surface area is 171 Å². The Kier molecular flexibility index (Phi) is 7.12. The number of benzene rings is 1. The van der Waals surface area contributed by atoms with Gasteiger partial charge in [0.05, 0.1) is 30.8 Å². The van der Waals surface area contributed by atoms with Gasteiger partial charge in [0, 0.05) is 32.0 Å². The van der Waals surface area contributed by atoms with Crippen LogP contribution in [0, 0.1) is 5.92 Å².